The number of hydrogen-bond donors (Lipinski definition) is 3. The number of ether oxygens (including phenoxy) is 1. The molecule has 0 spiro atoms. The van der Waals surface area contributed by atoms with Crippen LogP contribution in [-0.4, -0.2) is 55.2 Å². The SMILES string of the molecule is C[C@H]1CC2C[C@](O)(COCCO)CC1[C@@H]2S(=O)(=O)c1cc(C(=O)Nc2cc(F)c(F)c(F)c2)ccc1Cl. The van der Waals surface area contributed by atoms with E-state index in [1.807, 2.05) is 6.92 Å². The predicted molar refractivity (Wildman–Crippen MR) is 130 cm³/mol. The predicted octanol–water partition coefficient (Wildman–Crippen LogP) is 3.96. The van der Waals surface area contributed by atoms with Crippen LogP contribution in [0.2, 0.25) is 5.02 Å². The van der Waals surface area contributed by atoms with E-state index in [0.29, 0.717) is 18.6 Å². The molecule has 2 saturated carbocycles. The van der Waals surface area contributed by atoms with Gasteiger partial charge in [0.2, 0.25) is 0 Å². The van der Waals surface area contributed by atoms with Gasteiger partial charge in [-0.3, -0.25) is 4.79 Å². The Kier molecular flexibility index (Phi) is 7.92. The number of nitrogens with one attached hydrogen (secondary N) is 1. The van der Waals surface area contributed by atoms with E-state index < -0.39 is 44.0 Å². The van der Waals surface area contributed by atoms with Gasteiger partial charge in [0, 0.05) is 23.4 Å². The van der Waals surface area contributed by atoms with Gasteiger partial charge in [-0.25, -0.2) is 21.6 Å². The maximum atomic E-state index is 13.8. The number of benzene rings is 2. The quantitative estimate of drug-likeness (QED) is 0.332. The second-order valence-corrected chi connectivity index (χ2v) is 12.4. The molecular weight excluding hydrogens is 535 g/mol. The first-order valence-corrected chi connectivity index (χ1v) is 13.7. The number of carbonyl (C=O) groups excluding carboxylic acids is 1. The Hall–Kier alpha value is -2.18. The molecule has 2 aliphatic rings. The summed E-state index contributed by atoms with van der Waals surface area (Å²) in [6.07, 6.45) is 0.971. The highest BCUT2D eigenvalue weighted by molar-refractivity contribution is 7.92. The molecule has 3 N–H and O–H groups in total. The molecule has 2 bridgehead atoms. The topological polar surface area (TPSA) is 113 Å². The van der Waals surface area contributed by atoms with Crippen molar-refractivity contribution in [1.82, 2.24) is 0 Å². The molecule has 12 heteroatoms. The molecule has 0 aliphatic heterocycles. The van der Waals surface area contributed by atoms with Gasteiger partial charge in [0.25, 0.3) is 5.91 Å². The summed E-state index contributed by atoms with van der Waals surface area (Å²) in [4.78, 5) is 12.5. The summed E-state index contributed by atoms with van der Waals surface area (Å²) in [6, 6.07) is 4.84. The standard InChI is InChI=1S/C25H27ClF3NO6S/c1-13-6-15-10-25(33,12-36-5-4-31)11-17(13)23(15)37(34,35)21-7-14(2-3-18(21)26)24(32)30-16-8-19(27)22(29)20(28)9-16/h2-3,7-9,13,15,17,23,31,33H,4-6,10-12H2,1H3,(H,30,32)/t13-,15?,17?,23+,25+/m0/s1. The number of halogens is 4. The van der Waals surface area contributed by atoms with Gasteiger partial charge in [0.05, 0.1) is 40.6 Å². The van der Waals surface area contributed by atoms with Gasteiger partial charge < -0.3 is 20.3 Å². The summed E-state index contributed by atoms with van der Waals surface area (Å²) in [6.45, 7) is 1.79. The normalized spacial score (nSPS) is 27.3. The Bertz CT molecular complexity index is 1290. The van der Waals surface area contributed by atoms with E-state index in [1.54, 1.807) is 0 Å². The fourth-order valence-corrected chi connectivity index (χ4v) is 8.66. The van der Waals surface area contributed by atoms with E-state index in [2.05, 4.69) is 5.32 Å². The van der Waals surface area contributed by atoms with Crippen molar-refractivity contribution >= 4 is 33.0 Å². The second kappa shape index (κ2) is 10.5. The van der Waals surface area contributed by atoms with Crippen molar-refractivity contribution in [3.63, 3.8) is 0 Å². The maximum Gasteiger partial charge on any atom is 0.255 e. The fraction of sp³-hybridized carbons (Fsp3) is 0.480. The van der Waals surface area contributed by atoms with Gasteiger partial charge in [-0.2, -0.15) is 0 Å². The highest BCUT2D eigenvalue weighted by atomic mass is 35.5. The van der Waals surface area contributed by atoms with Gasteiger partial charge in [-0.15, -0.1) is 0 Å². The van der Waals surface area contributed by atoms with Crippen LogP contribution in [0.25, 0.3) is 0 Å². The monoisotopic (exact) mass is 561 g/mol. The molecule has 7 nitrogen and oxygen atoms in total. The molecule has 2 unspecified atom stereocenters. The summed E-state index contributed by atoms with van der Waals surface area (Å²) < 4.78 is 73.3. The lowest BCUT2D eigenvalue weighted by molar-refractivity contribution is -0.0877. The van der Waals surface area contributed by atoms with Crippen LogP contribution in [-0.2, 0) is 14.6 Å². The van der Waals surface area contributed by atoms with E-state index >= 15 is 0 Å². The summed E-state index contributed by atoms with van der Waals surface area (Å²) in [5.74, 6) is -6.28. The lowest BCUT2D eigenvalue weighted by Gasteiger charge is -2.41. The zero-order valence-electron chi connectivity index (χ0n) is 19.9. The van der Waals surface area contributed by atoms with Crippen LogP contribution in [0.4, 0.5) is 18.9 Å². The van der Waals surface area contributed by atoms with E-state index in [1.165, 1.54) is 12.1 Å². The van der Waals surface area contributed by atoms with E-state index in [9.17, 15) is 31.5 Å². The average molecular weight is 562 g/mol. The Labute approximate surface area is 217 Å². The smallest absolute Gasteiger partial charge is 0.255 e. The average Bonchev–Trinajstić information content (AvgIpc) is 3.04. The molecule has 5 atom stereocenters. The van der Waals surface area contributed by atoms with E-state index in [-0.39, 0.29) is 71.6 Å². The first kappa shape index (κ1) is 27.8. The lowest BCUT2D eigenvalue weighted by Crippen LogP contribution is -2.49. The lowest BCUT2D eigenvalue weighted by atomic mass is 9.76. The molecule has 0 radical (unpaired) electrons. The number of amides is 1. The molecule has 2 fully saturated rings. The minimum Gasteiger partial charge on any atom is -0.394 e. The number of hydrogen-bond acceptors (Lipinski definition) is 6. The number of anilines is 1. The van der Waals surface area contributed by atoms with Gasteiger partial charge in [0.15, 0.2) is 27.3 Å². The van der Waals surface area contributed by atoms with Crippen LogP contribution >= 0.6 is 11.6 Å². The van der Waals surface area contributed by atoms with Crippen molar-refractivity contribution in [2.75, 3.05) is 25.1 Å². The summed E-state index contributed by atoms with van der Waals surface area (Å²) in [5.41, 5.74) is -1.69. The van der Waals surface area contributed by atoms with Crippen LogP contribution < -0.4 is 5.32 Å². The van der Waals surface area contributed by atoms with E-state index in [0.717, 1.165) is 6.07 Å². The Balaban J connectivity index is 1.60. The molecular formula is C25H27ClF3NO6S. The minimum atomic E-state index is -4.06. The molecule has 4 rings (SSSR count). The molecule has 0 aromatic heterocycles. The highest BCUT2D eigenvalue weighted by Gasteiger charge is 2.57. The summed E-state index contributed by atoms with van der Waals surface area (Å²) in [5, 5.41) is 21.3. The molecule has 0 heterocycles. The third-order valence-corrected chi connectivity index (χ3v) is 10.1. The third-order valence-electron chi connectivity index (χ3n) is 7.26. The van der Waals surface area contributed by atoms with Gasteiger partial charge in [-0.05, 0) is 55.2 Å². The molecule has 1 amide bonds. The largest absolute Gasteiger partial charge is 0.394 e. The first-order valence-electron chi connectivity index (χ1n) is 11.8. The molecule has 2 aromatic carbocycles. The van der Waals surface area contributed by atoms with Crippen molar-refractivity contribution in [3.8, 4) is 0 Å². The van der Waals surface area contributed by atoms with Crippen LogP contribution in [0.3, 0.4) is 0 Å². The van der Waals surface area contributed by atoms with Gasteiger partial charge in [-0.1, -0.05) is 18.5 Å². The van der Waals surface area contributed by atoms with E-state index in [4.69, 9.17) is 21.4 Å². The maximum absolute atomic E-state index is 13.8. The van der Waals surface area contributed by atoms with Crippen molar-refractivity contribution in [3.05, 3.63) is 58.4 Å². The number of aliphatic hydroxyl groups excluding tert-OH is 1. The number of carbonyl (C=O) groups is 1. The molecule has 2 aliphatic carbocycles. The minimum absolute atomic E-state index is 0.00478. The Morgan fingerprint density at radius 2 is 1.86 bits per heavy atom. The third kappa shape index (κ3) is 5.51. The fourth-order valence-electron chi connectivity index (χ4n) is 5.76. The van der Waals surface area contributed by atoms with Crippen LogP contribution in [0, 0.1) is 35.2 Å². The first-order chi connectivity index (χ1) is 17.4. The molecule has 202 valence electrons. The van der Waals surface area contributed by atoms with Crippen molar-refractivity contribution in [2.45, 2.75) is 41.9 Å². The Morgan fingerprint density at radius 1 is 1.19 bits per heavy atom. The molecule has 2 aromatic rings. The highest BCUT2D eigenvalue weighted by Crippen LogP contribution is 2.54. The van der Waals surface area contributed by atoms with Crippen LogP contribution in [0.15, 0.2) is 35.2 Å². The molecule has 37 heavy (non-hydrogen) atoms. The molecule has 0 saturated heterocycles. The number of fused-ring (bicyclic) bond motifs is 2. The zero-order chi connectivity index (χ0) is 27.1. The van der Waals surface area contributed by atoms with Crippen molar-refractivity contribution in [1.29, 1.82) is 0 Å². The second-order valence-electron chi connectivity index (χ2n) is 9.91. The Morgan fingerprint density at radius 3 is 2.49 bits per heavy atom. The number of rotatable bonds is 8. The zero-order valence-corrected chi connectivity index (χ0v) is 21.5. The van der Waals surface area contributed by atoms with Crippen molar-refractivity contribution < 1.29 is 41.3 Å². The van der Waals surface area contributed by atoms with Gasteiger partial charge in [0.1, 0.15) is 0 Å². The number of aliphatic hydroxyl groups is 2. The van der Waals surface area contributed by atoms with Gasteiger partial charge >= 0.3 is 0 Å². The number of sulfone groups is 1. The summed E-state index contributed by atoms with van der Waals surface area (Å²) in [7, 11) is -4.06. The van der Waals surface area contributed by atoms with Crippen LogP contribution in [0.5, 0.6) is 0 Å². The van der Waals surface area contributed by atoms with Crippen LogP contribution in [0.1, 0.15) is 36.5 Å². The summed E-state index contributed by atoms with van der Waals surface area (Å²) >= 11 is 6.27. The van der Waals surface area contributed by atoms with Crippen molar-refractivity contribution in [2.24, 2.45) is 17.8 Å².